The number of carbonyl (C=O) groups excluding carboxylic acids is 3. The van der Waals surface area contributed by atoms with Gasteiger partial charge in [0.15, 0.2) is 5.25 Å². The van der Waals surface area contributed by atoms with E-state index in [2.05, 4.69) is 5.32 Å². The Balaban J connectivity index is 1.48. The number of nitrogens with zero attached hydrogens (tertiary/aromatic N) is 2. The van der Waals surface area contributed by atoms with Crippen molar-refractivity contribution in [2.75, 3.05) is 24.5 Å². The van der Waals surface area contributed by atoms with Crippen LogP contribution in [0.25, 0.3) is 0 Å². The molecule has 2 aliphatic heterocycles. The third kappa shape index (κ3) is 4.33. The Bertz CT molecular complexity index is 960. The predicted molar refractivity (Wildman–Crippen MR) is 113 cm³/mol. The topological polar surface area (TPSA) is 69.7 Å². The molecule has 1 atom stereocenters. The van der Waals surface area contributed by atoms with Gasteiger partial charge in [-0.05, 0) is 42.7 Å². The van der Waals surface area contributed by atoms with Crippen molar-refractivity contribution >= 4 is 35.2 Å². The maximum Gasteiger partial charge on any atom is 0.250 e. The van der Waals surface area contributed by atoms with Crippen LogP contribution in [0.5, 0.6) is 0 Å². The zero-order valence-electron chi connectivity index (χ0n) is 16.3. The lowest BCUT2D eigenvalue weighted by atomic mass is 10.2. The molecule has 0 aliphatic carbocycles. The molecule has 0 bridgehead atoms. The van der Waals surface area contributed by atoms with Crippen LogP contribution in [-0.2, 0) is 20.9 Å². The molecule has 1 unspecified atom stereocenters. The van der Waals surface area contributed by atoms with E-state index >= 15 is 0 Å². The van der Waals surface area contributed by atoms with Crippen molar-refractivity contribution in [1.29, 1.82) is 0 Å². The number of amides is 3. The highest BCUT2D eigenvalue weighted by Gasteiger charge is 2.41. The molecule has 0 radical (unpaired) electrons. The first-order chi connectivity index (χ1) is 14.5. The minimum Gasteiger partial charge on any atom is -0.350 e. The predicted octanol–water partition coefficient (Wildman–Crippen LogP) is 2.57. The van der Waals surface area contributed by atoms with Crippen molar-refractivity contribution in [3.05, 3.63) is 59.9 Å². The Morgan fingerprint density at radius 3 is 2.50 bits per heavy atom. The van der Waals surface area contributed by atoms with Gasteiger partial charge in [-0.3, -0.25) is 14.4 Å². The maximum absolute atomic E-state index is 13.2. The summed E-state index contributed by atoms with van der Waals surface area (Å²) < 4.78 is 13.0. The number of rotatable bonds is 5. The Morgan fingerprint density at radius 1 is 1.07 bits per heavy atom. The van der Waals surface area contributed by atoms with E-state index in [1.807, 2.05) is 12.1 Å². The number of nitrogens with one attached hydrogen (secondary N) is 1. The first-order valence-electron chi connectivity index (χ1n) is 9.90. The van der Waals surface area contributed by atoms with Crippen molar-refractivity contribution in [3.8, 4) is 0 Å². The van der Waals surface area contributed by atoms with Gasteiger partial charge in [-0.15, -0.1) is 11.8 Å². The quantitative estimate of drug-likeness (QED) is 0.745. The first-order valence-corrected chi connectivity index (χ1v) is 10.8. The van der Waals surface area contributed by atoms with Crippen LogP contribution in [0.15, 0.2) is 53.4 Å². The molecule has 4 rings (SSSR count). The van der Waals surface area contributed by atoms with Gasteiger partial charge in [0.2, 0.25) is 11.8 Å². The second kappa shape index (κ2) is 8.87. The van der Waals surface area contributed by atoms with Crippen LogP contribution in [0, 0.1) is 5.82 Å². The summed E-state index contributed by atoms with van der Waals surface area (Å²) in [5.41, 5.74) is 1.39. The summed E-state index contributed by atoms with van der Waals surface area (Å²) in [6.45, 7) is 1.39. The molecule has 1 fully saturated rings. The smallest absolute Gasteiger partial charge is 0.250 e. The molecular weight excluding hydrogens is 405 g/mol. The highest BCUT2D eigenvalue weighted by molar-refractivity contribution is 8.01. The van der Waals surface area contributed by atoms with E-state index in [0.717, 1.165) is 23.3 Å². The fourth-order valence-electron chi connectivity index (χ4n) is 3.64. The molecule has 1 saturated heterocycles. The Kier molecular flexibility index (Phi) is 6.03. The number of benzene rings is 2. The second-order valence-corrected chi connectivity index (χ2v) is 8.47. The summed E-state index contributed by atoms with van der Waals surface area (Å²) in [7, 11) is 0. The van der Waals surface area contributed by atoms with Gasteiger partial charge in [-0.25, -0.2) is 4.39 Å². The third-order valence-corrected chi connectivity index (χ3v) is 6.48. The van der Waals surface area contributed by atoms with Crippen molar-refractivity contribution in [1.82, 2.24) is 10.2 Å². The summed E-state index contributed by atoms with van der Waals surface area (Å²) in [6.07, 6.45) is 1.90. The molecule has 156 valence electrons. The number of carbonyl (C=O) groups is 3. The number of thioether (sulfide) groups is 1. The van der Waals surface area contributed by atoms with Gasteiger partial charge in [0, 0.05) is 24.5 Å². The SMILES string of the molecule is O=C(CN1C(=O)C(C(=O)N2CCCC2)Sc2ccccc21)NCc1ccc(F)cc1. The molecule has 3 amide bonds. The summed E-state index contributed by atoms with van der Waals surface area (Å²) in [6, 6.07) is 13.2. The average Bonchev–Trinajstić information content (AvgIpc) is 3.29. The summed E-state index contributed by atoms with van der Waals surface area (Å²) in [4.78, 5) is 42.6. The number of likely N-dealkylation sites (tertiary alicyclic amines) is 1. The third-order valence-electron chi connectivity index (χ3n) is 5.24. The van der Waals surface area contributed by atoms with E-state index < -0.39 is 5.25 Å². The van der Waals surface area contributed by atoms with E-state index in [0.29, 0.717) is 18.8 Å². The lowest BCUT2D eigenvalue weighted by Gasteiger charge is -2.34. The zero-order valence-corrected chi connectivity index (χ0v) is 17.2. The number of halogens is 1. The van der Waals surface area contributed by atoms with Crippen molar-refractivity contribution in [2.45, 2.75) is 29.5 Å². The molecule has 8 heteroatoms. The molecule has 1 N–H and O–H groups in total. The lowest BCUT2D eigenvalue weighted by molar-refractivity contribution is -0.134. The molecular formula is C22H22FN3O3S. The summed E-state index contributed by atoms with van der Waals surface area (Å²) in [5.74, 6) is -1.24. The number of para-hydroxylation sites is 1. The molecule has 30 heavy (non-hydrogen) atoms. The normalized spacial score (nSPS) is 18.3. The minimum atomic E-state index is -0.872. The molecule has 0 aromatic heterocycles. The first kappa shape index (κ1) is 20.4. The van der Waals surface area contributed by atoms with Crippen LogP contribution in [0.2, 0.25) is 0 Å². The van der Waals surface area contributed by atoms with Crippen LogP contribution >= 0.6 is 11.8 Å². The molecule has 2 aliphatic rings. The van der Waals surface area contributed by atoms with Crippen LogP contribution in [0.4, 0.5) is 10.1 Å². The van der Waals surface area contributed by atoms with Gasteiger partial charge < -0.3 is 15.1 Å². The number of hydrogen-bond donors (Lipinski definition) is 1. The number of anilines is 1. The monoisotopic (exact) mass is 427 g/mol. The van der Waals surface area contributed by atoms with Crippen molar-refractivity contribution < 1.29 is 18.8 Å². The van der Waals surface area contributed by atoms with Crippen LogP contribution < -0.4 is 10.2 Å². The van der Waals surface area contributed by atoms with E-state index in [1.165, 1.54) is 28.8 Å². The largest absolute Gasteiger partial charge is 0.350 e. The van der Waals surface area contributed by atoms with Gasteiger partial charge in [0.25, 0.3) is 5.91 Å². The molecule has 0 spiro atoms. The molecule has 6 nitrogen and oxygen atoms in total. The van der Waals surface area contributed by atoms with Gasteiger partial charge in [-0.2, -0.15) is 0 Å². The Hall–Kier alpha value is -2.87. The van der Waals surface area contributed by atoms with E-state index in [1.54, 1.807) is 29.2 Å². The Morgan fingerprint density at radius 2 is 1.77 bits per heavy atom. The van der Waals surface area contributed by atoms with Crippen LogP contribution in [0.1, 0.15) is 18.4 Å². The van der Waals surface area contributed by atoms with E-state index in [9.17, 15) is 18.8 Å². The van der Waals surface area contributed by atoms with Gasteiger partial charge in [0.05, 0.1) is 5.69 Å². The number of hydrogen-bond acceptors (Lipinski definition) is 4. The van der Waals surface area contributed by atoms with Gasteiger partial charge in [-0.1, -0.05) is 24.3 Å². The highest BCUT2D eigenvalue weighted by Crippen LogP contribution is 2.39. The minimum absolute atomic E-state index is 0.179. The standard InChI is InChI=1S/C22H22FN3O3S/c23-16-9-7-15(8-10-16)13-24-19(27)14-26-17-5-1-2-6-18(17)30-20(22(26)29)21(28)25-11-3-4-12-25/h1-2,5-10,20H,3-4,11-14H2,(H,24,27). The highest BCUT2D eigenvalue weighted by atomic mass is 32.2. The lowest BCUT2D eigenvalue weighted by Crippen LogP contribution is -2.51. The van der Waals surface area contributed by atoms with Crippen LogP contribution in [-0.4, -0.2) is 47.5 Å². The van der Waals surface area contributed by atoms with E-state index in [4.69, 9.17) is 0 Å². The van der Waals surface area contributed by atoms with Crippen molar-refractivity contribution in [3.63, 3.8) is 0 Å². The molecule has 2 aromatic rings. The van der Waals surface area contributed by atoms with Gasteiger partial charge in [0.1, 0.15) is 12.4 Å². The van der Waals surface area contributed by atoms with Gasteiger partial charge >= 0.3 is 0 Å². The average molecular weight is 428 g/mol. The van der Waals surface area contributed by atoms with Crippen LogP contribution in [0.3, 0.4) is 0 Å². The maximum atomic E-state index is 13.2. The summed E-state index contributed by atoms with van der Waals surface area (Å²) >= 11 is 1.25. The molecule has 2 heterocycles. The zero-order chi connectivity index (χ0) is 21.1. The summed E-state index contributed by atoms with van der Waals surface area (Å²) in [5, 5.41) is 1.89. The van der Waals surface area contributed by atoms with Crippen molar-refractivity contribution in [2.24, 2.45) is 0 Å². The molecule has 0 saturated carbocycles. The fourth-order valence-corrected chi connectivity index (χ4v) is 4.83. The number of fused-ring (bicyclic) bond motifs is 1. The second-order valence-electron chi connectivity index (χ2n) is 7.33. The Labute approximate surface area is 178 Å². The molecule has 2 aromatic carbocycles. The van der Waals surface area contributed by atoms with E-state index in [-0.39, 0.29) is 36.6 Å². The fraction of sp³-hybridized carbons (Fsp3) is 0.318.